The summed E-state index contributed by atoms with van der Waals surface area (Å²) in [5.74, 6) is 0.428. The number of methoxy groups -OCH3 is 1. The molecule has 0 aliphatic carbocycles. The van der Waals surface area contributed by atoms with Gasteiger partial charge in [-0.25, -0.2) is 0 Å². The highest BCUT2D eigenvalue weighted by Gasteiger charge is 2.46. The Bertz CT molecular complexity index is 1360. The maximum absolute atomic E-state index is 13.5. The first-order valence-electron chi connectivity index (χ1n) is 13.0. The summed E-state index contributed by atoms with van der Waals surface area (Å²) in [6.07, 6.45) is 0. The maximum Gasteiger partial charge on any atom is 0.295 e. The van der Waals surface area contributed by atoms with Gasteiger partial charge in [0.25, 0.3) is 11.7 Å². The zero-order valence-electron chi connectivity index (χ0n) is 22.6. The lowest BCUT2D eigenvalue weighted by Gasteiger charge is -2.26. The molecule has 8 nitrogen and oxygen atoms in total. The van der Waals surface area contributed by atoms with Crippen molar-refractivity contribution in [2.24, 2.45) is 0 Å². The van der Waals surface area contributed by atoms with Crippen molar-refractivity contribution < 1.29 is 33.6 Å². The number of hydrogen-bond donors (Lipinski definition) is 1. The molecule has 0 saturated carbocycles. The molecular weight excluding hydrogens is 498 g/mol. The molecule has 1 atom stereocenters. The average Bonchev–Trinajstić information content (AvgIpc) is 3.18. The molecule has 1 unspecified atom stereocenters. The summed E-state index contributed by atoms with van der Waals surface area (Å²) in [6, 6.07) is 18.6. The van der Waals surface area contributed by atoms with Crippen LogP contribution in [0.4, 0.5) is 0 Å². The van der Waals surface area contributed by atoms with Crippen LogP contribution in [0.3, 0.4) is 0 Å². The number of benzene rings is 3. The Hall–Kier alpha value is -4.46. The fourth-order valence-electron chi connectivity index (χ4n) is 4.65. The number of ketones is 1. The number of rotatable bonds is 11. The fourth-order valence-corrected chi connectivity index (χ4v) is 4.65. The number of carbonyl (C=O) groups is 2. The monoisotopic (exact) mass is 531 g/mol. The van der Waals surface area contributed by atoms with E-state index < -0.39 is 17.7 Å². The number of Topliss-reactive ketones (excluding diaryl/α,β-unsaturated/α-hetero) is 1. The van der Waals surface area contributed by atoms with Crippen molar-refractivity contribution in [1.82, 2.24) is 4.90 Å². The minimum Gasteiger partial charge on any atom is -0.507 e. The van der Waals surface area contributed by atoms with E-state index in [0.717, 1.165) is 5.56 Å². The normalized spacial score (nSPS) is 16.3. The molecule has 39 heavy (non-hydrogen) atoms. The Kier molecular flexibility index (Phi) is 8.76. The number of aliphatic hydroxyl groups excluding tert-OH is 1. The Morgan fingerprint density at radius 3 is 2.10 bits per heavy atom. The first kappa shape index (κ1) is 27.6. The highest BCUT2D eigenvalue weighted by atomic mass is 16.5. The number of likely N-dealkylation sites (tertiary alicyclic amines) is 1. The van der Waals surface area contributed by atoms with Gasteiger partial charge in [0.2, 0.25) is 0 Å². The zero-order valence-corrected chi connectivity index (χ0v) is 22.6. The van der Waals surface area contributed by atoms with Gasteiger partial charge in [0.1, 0.15) is 28.8 Å². The molecule has 1 amide bonds. The smallest absolute Gasteiger partial charge is 0.295 e. The summed E-state index contributed by atoms with van der Waals surface area (Å²) >= 11 is 0. The lowest BCUT2D eigenvalue weighted by Crippen LogP contribution is -2.29. The number of amides is 1. The second-order valence-corrected chi connectivity index (χ2v) is 8.80. The van der Waals surface area contributed by atoms with Crippen LogP contribution in [0, 0.1) is 0 Å². The molecule has 1 fully saturated rings. The number of nitrogens with zero attached hydrogens (tertiary/aromatic N) is 1. The van der Waals surface area contributed by atoms with Crippen LogP contribution >= 0.6 is 0 Å². The quantitative estimate of drug-likeness (QED) is 0.198. The number of hydrogen-bond acceptors (Lipinski definition) is 7. The largest absolute Gasteiger partial charge is 0.507 e. The zero-order chi connectivity index (χ0) is 27.9. The Morgan fingerprint density at radius 2 is 1.46 bits per heavy atom. The lowest BCUT2D eigenvalue weighted by molar-refractivity contribution is -0.140. The fraction of sp³-hybridized carbons (Fsp3) is 0.290. The molecule has 204 valence electrons. The minimum absolute atomic E-state index is 0.0174. The second kappa shape index (κ2) is 12.4. The van der Waals surface area contributed by atoms with Gasteiger partial charge in [0.05, 0.1) is 44.1 Å². The molecule has 0 radical (unpaired) electrons. The topological polar surface area (TPSA) is 94.5 Å². The predicted octanol–water partition coefficient (Wildman–Crippen LogP) is 5.51. The van der Waals surface area contributed by atoms with Gasteiger partial charge < -0.3 is 29.0 Å². The maximum atomic E-state index is 13.5. The summed E-state index contributed by atoms with van der Waals surface area (Å²) in [5.41, 5.74) is 1.73. The van der Waals surface area contributed by atoms with Crippen molar-refractivity contribution in [2.45, 2.75) is 33.4 Å². The van der Waals surface area contributed by atoms with Crippen molar-refractivity contribution >= 4 is 17.4 Å². The van der Waals surface area contributed by atoms with E-state index in [1.54, 1.807) is 49.6 Å². The van der Waals surface area contributed by atoms with Gasteiger partial charge >= 0.3 is 0 Å². The molecule has 1 N–H and O–H groups in total. The number of aliphatic hydroxyl groups is 1. The van der Waals surface area contributed by atoms with Crippen LogP contribution in [-0.2, 0) is 16.1 Å². The van der Waals surface area contributed by atoms with Crippen LogP contribution in [0.25, 0.3) is 5.76 Å². The first-order valence-corrected chi connectivity index (χ1v) is 13.0. The standard InChI is InChI=1S/C31H33NO7/c1-5-37-23-10-8-9-20(17-23)19-32-28(21-11-13-22(36-4)14-12-21)27(30(34)31(32)35)29(33)25-16-15-24(38-6-2)18-26(25)39-7-3/h8-18,28,33H,5-7,19H2,1-4H3/b29-27-. The van der Waals surface area contributed by atoms with Gasteiger partial charge in [0.15, 0.2) is 0 Å². The Balaban J connectivity index is 1.85. The predicted molar refractivity (Wildman–Crippen MR) is 147 cm³/mol. The van der Waals surface area contributed by atoms with Crippen LogP contribution in [0.5, 0.6) is 23.0 Å². The summed E-state index contributed by atoms with van der Waals surface area (Å²) in [5, 5.41) is 11.6. The third-order valence-electron chi connectivity index (χ3n) is 6.35. The van der Waals surface area contributed by atoms with E-state index in [9.17, 15) is 14.7 Å². The van der Waals surface area contributed by atoms with Crippen LogP contribution in [0.2, 0.25) is 0 Å². The van der Waals surface area contributed by atoms with Gasteiger partial charge in [-0.1, -0.05) is 24.3 Å². The van der Waals surface area contributed by atoms with Gasteiger partial charge in [-0.15, -0.1) is 0 Å². The molecule has 4 rings (SSSR count). The lowest BCUT2D eigenvalue weighted by atomic mass is 9.94. The van der Waals surface area contributed by atoms with Crippen molar-refractivity contribution in [2.75, 3.05) is 26.9 Å². The Labute approximate surface area is 228 Å². The number of carbonyl (C=O) groups excluding carboxylic acids is 2. The van der Waals surface area contributed by atoms with Crippen molar-refractivity contribution in [3.8, 4) is 23.0 Å². The number of ether oxygens (including phenoxy) is 4. The molecule has 8 heteroatoms. The molecule has 0 aromatic heterocycles. The second-order valence-electron chi connectivity index (χ2n) is 8.80. The summed E-state index contributed by atoms with van der Waals surface area (Å²) < 4.78 is 22.3. The van der Waals surface area contributed by atoms with Crippen molar-refractivity contribution in [1.29, 1.82) is 0 Å². The van der Waals surface area contributed by atoms with Crippen LogP contribution in [0.15, 0.2) is 72.3 Å². The van der Waals surface area contributed by atoms with E-state index in [1.165, 1.54) is 4.90 Å². The molecule has 1 saturated heterocycles. The molecule has 0 bridgehead atoms. The highest BCUT2D eigenvalue weighted by molar-refractivity contribution is 6.46. The third-order valence-corrected chi connectivity index (χ3v) is 6.35. The average molecular weight is 532 g/mol. The van der Waals surface area contributed by atoms with Gasteiger partial charge in [-0.2, -0.15) is 0 Å². The minimum atomic E-state index is -0.840. The van der Waals surface area contributed by atoms with Gasteiger partial charge in [-0.3, -0.25) is 9.59 Å². The van der Waals surface area contributed by atoms with E-state index >= 15 is 0 Å². The first-order chi connectivity index (χ1) is 18.9. The van der Waals surface area contributed by atoms with Crippen LogP contribution in [-0.4, -0.2) is 48.6 Å². The molecule has 1 heterocycles. The van der Waals surface area contributed by atoms with Crippen LogP contribution in [0.1, 0.15) is 43.5 Å². The van der Waals surface area contributed by atoms with Crippen LogP contribution < -0.4 is 18.9 Å². The summed E-state index contributed by atoms with van der Waals surface area (Å²) in [7, 11) is 1.56. The molecule has 3 aromatic carbocycles. The van der Waals surface area contributed by atoms with Crippen molar-refractivity contribution in [3.05, 3.63) is 89.0 Å². The third kappa shape index (κ3) is 5.85. The summed E-state index contributed by atoms with van der Waals surface area (Å²) in [6.45, 7) is 7.03. The molecule has 1 aliphatic heterocycles. The Morgan fingerprint density at radius 1 is 0.821 bits per heavy atom. The molecule has 1 aliphatic rings. The molecular formula is C31H33NO7. The van der Waals surface area contributed by atoms with Gasteiger partial charge in [0, 0.05) is 12.6 Å². The van der Waals surface area contributed by atoms with Gasteiger partial charge in [-0.05, 0) is 68.3 Å². The van der Waals surface area contributed by atoms with Crippen molar-refractivity contribution in [3.63, 3.8) is 0 Å². The molecule has 3 aromatic rings. The van der Waals surface area contributed by atoms with E-state index in [2.05, 4.69) is 0 Å². The highest BCUT2D eigenvalue weighted by Crippen LogP contribution is 2.42. The van der Waals surface area contributed by atoms with E-state index in [4.69, 9.17) is 18.9 Å². The SMILES string of the molecule is CCOc1cccc(CN2C(=O)C(=O)/C(=C(\O)c3ccc(OCC)cc3OCC)C2c2ccc(OC)cc2)c1. The summed E-state index contributed by atoms with van der Waals surface area (Å²) in [4.78, 5) is 28.4. The molecule has 0 spiro atoms. The van der Waals surface area contributed by atoms with E-state index in [1.807, 2.05) is 45.0 Å². The van der Waals surface area contributed by atoms with E-state index in [0.29, 0.717) is 53.9 Å². The van der Waals surface area contributed by atoms with E-state index in [-0.39, 0.29) is 17.9 Å².